The summed E-state index contributed by atoms with van der Waals surface area (Å²) in [7, 11) is 0. The molecule has 0 aromatic heterocycles. The van der Waals surface area contributed by atoms with Crippen LogP contribution in [0.5, 0.6) is 23.0 Å². The number of rotatable bonds is 9. The highest BCUT2D eigenvalue weighted by Gasteiger charge is 2.09. The van der Waals surface area contributed by atoms with Crippen LogP contribution in [0.15, 0.2) is 176 Å². The fourth-order valence-corrected chi connectivity index (χ4v) is 5.51. The summed E-state index contributed by atoms with van der Waals surface area (Å²) in [4.78, 5) is 0. The molecule has 0 aliphatic rings. The third-order valence-corrected chi connectivity index (χ3v) is 8.11. The number of anilines is 2. The molecule has 0 fully saturated rings. The van der Waals surface area contributed by atoms with Gasteiger partial charge in [0.1, 0.15) is 23.0 Å². The van der Waals surface area contributed by atoms with Crippen molar-refractivity contribution in [3.05, 3.63) is 193 Å². The summed E-state index contributed by atoms with van der Waals surface area (Å²) in [5.74, 6) is 3.06. The average molecular weight is 623 g/mol. The number of hydrogen-bond acceptors (Lipinski definition) is 4. The van der Waals surface area contributed by atoms with Crippen molar-refractivity contribution in [3.63, 3.8) is 0 Å². The van der Waals surface area contributed by atoms with Gasteiger partial charge >= 0.3 is 0 Å². The van der Waals surface area contributed by atoms with Crippen LogP contribution >= 0.6 is 0 Å². The summed E-state index contributed by atoms with van der Waals surface area (Å²) in [6.07, 6.45) is 2.25. The Morgan fingerprint density at radius 1 is 0.354 bits per heavy atom. The van der Waals surface area contributed by atoms with Crippen molar-refractivity contribution in [1.29, 1.82) is 0 Å². The Bertz CT molecular complexity index is 1980. The maximum Gasteiger partial charge on any atom is 0.127 e. The smallest absolute Gasteiger partial charge is 0.127 e. The Kier molecular flexibility index (Phi) is 8.70. The molecule has 4 nitrogen and oxygen atoms in total. The second-order valence-corrected chi connectivity index (χ2v) is 11.5. The van der Waals surface area contributed by atoms with Crippen molar-refractivity contribution < 1.29 is 9.47 Å². The molecule has 0 heterocycles. The molecule has 48 heavy (non-hydrogen) atoms. The minimum absolute atomic E-state index is 0.712. The van der Waals surface area contributed by atoms with Crippen molar-refractivity contribution >= 4 is 23.0 Å². The van der Waals surface area contributed by atoms with Crippen LogP contribution in [0, 0.1) is 0 Å². The second-order valence-electron chi connectivity index (χ2n) is 11.5. The fourth-order valence-electron chi connectivity index (χ4n) is 5.51. The minimum atomic E-state index is 0.712. The molecule has 0 radical (unpaired) electrons. The van der Waals surface area contributed by atoms with Gasteiger partial charge in [0.05, 0.1) is 0 Å². The van der Waals surface area contributed by atoms with Crippen molar-refractivity contribution in [1.82, 2.24) is 0 Å². The van der Waals surface area contributed by atoms with Gasteiger partial charge in [-0.2, -0.15) is 0 Å². The lowest BCUT2D eigenvalue weighted by Gasteiger charge is -2.12. The van der Waals surface area contributed by atoms with Crippen LogP contribution < -0.4 is 20.9 Å². The van der Waals surface area contributed by atoms with E-state index in [0.717, 1.165) is 67.5 Å². The Morgan fingerprint density at radius 2 is 0.667 bits per heavy atom. The maximum absolute atomic E-state index is 5.98. The Hall–Kier alpha value is -6.52. The van der Waals surface area contributed by atoms with Crippen LogP contribution in [-0.2, 0) is 0 Å². The monoisotopic (exact) mass is 622 g/mol. The number of benzene rings is 7. The molecule has 232 valence electrons. The molecule has 0 atom stereocenters. The zero-order valence-electron chi connectivity index (χ0n) is 26.3. The standard InChI is InChI=1S/C44H34N2O2/c45-38-18-26-42(27-19-38)47-40-22-14-34(15-23-40)32-6-10-36(11-7-32)44(30-31-4-2-1-3-5-31)37-12-8-33(9-13-37)35-16-24-41(25-17-35)48-43-28-20-39(46)21-29-43/h1-30H,45-46H2. The highest BCUT2D eigenvalue weighted by Crippen LogP contribution is 2.32. The molecule has 7 rings (SSSR count). The predicted octanol–water partition coefficient (Wildman–Crippen LogP) is 11.4. The molecule has 4 heteroatoms. The molecule has 0 aliphatic heterocycles. The zero-order chi connectivity index (χ0) is 32.7. The van der Waals surface area contributed by atoms with Crippen LogP contribution in [-0.4, -0.2) is 0 Å². The van der Waals surface area contributed by atoms with Crippen molar-refractivity contribution in [3.8, 4) is 45.3 Å². The molecule has 0 aliphatic carbocycles. The van der Waals surface area contributed by atoms with E-state index in [-0.39, 0.29) is 0 Å². The number of nitrogen functional groups attached to an aromatic ring is 2. The van der Waals surface area contributed by atoms with E-state index in [4.69, 9.17) is 20.9 Å². The van der Waals surface area contributed by atoms with Crippen LogP contribution in [0.1, 0.15) is 16.7 Å². The largest absolute Gasteiger partial charge is 0.457 e. The lowest BCUT2D eigenvalue weighted by molar-refractivity contribution is 0.482. The van der Waals surface area contributed by atoms with Gasteiger partial charge < -0.3 is 20.9 Å². The SMILES string of the molecule is Nc1ccc(Oc2ccc(-c3ccc(C(=Cc4ccccc4)c4ccc(-c5ccc(Oc6ccc(N)cc6)cc5)cc4)cc3)cc2)cc1. The van der Waals surface area contributed by atoms with Gasteiger partial charge in [0.2, 0.25) is 0 Å². The van der Waals surface area contributed by atoms with E-state index < -0.39 is 0 Å². The molecular formula is C44H34N2O2. The van der Waals surface area contributed by atoms with Crippen molar-refractivity contribution in [2.45, 2.75) is 0 Å². The normalized spacial score (nSPS) is 10.7. The first kappa shape index (κ1) is 30.2. The summed E-state index contributed by atoms with van der Waals surface area (Å²) in [6, 6.07) is 59.0. The number of hydrogen-bond donors (Lipinski definition) is 2. The molecule has 7 aromatic rings. The molecule has 0 spiro atoms. The van der Waals surface area contributed by atoms with Gasteiger partial charge in [-0.1, -0.05) is 103 Å². The lowest BCUT2D eigenvalue weighted by Crippen LogP contribution is -1.90. The van der Waals surface area contributed by atoms with Gasteiger partial charge in [-0.15, -0.1) is 0 Å². The van der Waals surface area contributed by atoms with Gasteiger partial charge in [0.25, 0.3) is 0 Å². The molecule has 0 bridgehead atoms. The maximum atomic E-state index is 5.98. The van der Waals surface area contributed by atoms with E-state index in [1.54, 1.807) is 0 Å². The molecule has 7 aromatic carbocycles. The van der Waals surface area contributed by atoms with E-state index in [1.165, 1.54) is 0 Å². The Morgan fingerprint density at radius 3 is 1.02 bits per heavy atom. The molecule has 0 amide bonds. The molecule has 0 saturated carbocycles. The highest BCUT2D eigenvalue weighted by molar-refractivity contribution is 5.92. The first-order chi connectivity index (χ1) is 23.6. The van der Waals surface area contributed by atoms with Crippen molar-refractivity contribution in [2.75, 3.05) is 11.5 Å². The fraction of sp³-hybridized carbons (Fsp3) is 0. The minimum Gasteiger partial charge on any atom is -0.457 e. The summed E-state index contributed by atoms with van der Waals surface area (Å²) in [6.45, 7) is 0. The second kappa shape index (κ2) is 13.9. The van der Waals surface area contributed by atoms with Gasteiger partial charge in [-0.3, -0.25) is 0 Å². The van der Waals surface area contributed by atoms with E-state index in [2.05, 4.69) is 103 Å². The molecule has 0 saturated heterocycles. The first-order valence-electron chi connectivity index (χ1n) is 15.8. The van der Waals surface area contributed by atoms with Crippen LogP contribution in [0.25, 0.3) is 33.9 Å². The topological polar surface area (TPSA) is 70.5 Å². The number of ether oxygens (including phenoxy) is 2. The quantitative estimate of drug-likeness (QED) is 0.124. The molecule has 4 N–H and O–H groups in total. The third-order valence-electron chi connectivity index (χ3n) is 8.11. The summed E-state index contributed by atoms with van der Waals surface area (Å²) >= 11 is 0. The average Bonchev–Trinajstić information content (AvgIpc) is 3.14. The molecular weight excluding hydrogens is 588 g/mol. The Balaban J connectivity index is 1.10. The van der Waals surface area contributed by atoms with Crippen molar-refractivity contribution in [2.24, 2.45) is 0 Å². The summed E-state index contributed by atoms with van der Waals surface area (Å²) < 4.78 is 12.0. The van der Waals surface area contributed by atoms with E-state index in [0.29, 0.717) is 11.4 Å². The van der Waals surface area contributed by atoms with E-state index in [9.17, 15) is 0 Å². The van der Waals surface area contributed by atoms with E-state index in [1.807, 2.05) is 78.9 Å². The molecule has 0 unspecified atom stereocenters. The summed E-state index contributed by atoms with van der Waals surface area (Å²) in [5, 5.41) is 0. The van der Waals surface area contributed by atoms with Gasteiger partial charge in [-0.05, 0) is 123 Å². The third kappa shape index (κ3) is 7.30. The van der Waals surface area contributed by atoms with E-state index >= 15 is 0 Å². The zero-order valence-corrected chi connectivity index (χ0v) is 26.3. The highest BCUT2D eigenvalue weighted by atomic mass is 16.5. The number of nitrogens with two attached hydrogens (primary N) is 2. The first-order valence-corrected chi connectivity index (χ1v) is 15.8. The van der Waals surface area contributed by atoms with Gasteiger partial charge in [-0.25, -0.2) is 0 Å². The van der Waals surface area contributed by atoms with Crippen LogP contribution in [0.3, 0.4) is 0 Å². The van der Waals surface area contributed by atoms with Gasteiger partial charge in [0, 0.05) is 11.4 Å². The lowest BCUT2D eigenvalue weighted by atomic mass is 9.92. The summed E-state index contributed by atoms with van der Waals surface area (Å²) in [5.41, 5.74) is 22.1. The predicted molar refractivity (Wildman–Crippen MR) is 199 cm³/mol. The van der Waals surface area contributed by atoms with Gasteiger partial charge in [0.15, 0.2) is 0 Å². The van der Waals surface area contributed by atoms with Crippen LogP contribution in [0.4, 0.5) is 11.4 Å². The Labute approximate surface area is 281 Å². The van der Waals surface area contributed by atoms with Crippen LogP contribution in [0.2, 0.25) is 0 Å².